The Morgan fingerprint density at radius 3 is 1.78 bits per heavy atom. The second-order valence-electron chi connectivity index (χ2n) is 5.39. The number of nitriles is 1. The van der Waals surface area contributed by atoms with Crippen LogP contribution in [0, 0.1) is 24.1 Å². The fourth-order valence-electron chi connectivity index (χ4n) is 2.56. The second-order valence-corrected chi connectivity index (χ2v) is 5.90. The van der Waals surface area contributed by atoms with Gasteiger partial charge in [0, 0.05) is 4.90 Å². The first-order valence-corrected chi connectivity index (χ1v) is 7.63. The van der Waals surface area contributed by atoms with Crippen molar-refractivity contribution in [1.29, 1.82) is 5.26 Å². The van der Waals surface area contributed by atoms with Gasteiger partial charge in [0.25, 0.3) is 0 Å². The Labute approximate surface area is 140 Å². The van der Waals surface area contributed by atoms with Crippen LogP contribution < -0.4 is 0 Å². The molecule has 23 heavy (non-hydrogen) atoms. The summed E-state index contributed by atoms with van der Waals surface area (Å²) in [5.74, 6) is -0.476. The number of benzene rings is 3. The predicted molar refractivity (Wildman–Crippen MR) is 94.0 cm³/mol. The molecule has 0 spiro atoms. The first-order valence-electron chi connectivity index (χ1n) is 7.18. The van der Waals surface area contributed by atoms with Gasteiger partial charge < -0.3 is 0 Å². The van der Waals surface area contributed by atoms with Crippen molar-refractivity contribution >= 4 is 12.6 Å². The quantitative estimate of drug-likeness (QED) is 0.608. The molecule has 0 unspecified atom stereocenters. The number of thiol groups is 1. The molecule has 0 fully saturated rings. The van der Waals surface area contributed by atoms with Gasteiger partial charge in [-0.2, -0.15) is 5.26 Å². The molecule has 3 aromatic rings. The number of nitrogens with zero attached hydrogens (tertiary/aromatic N) is 1. The van der Waals surface area contributed by atoms with E-state index in [-0.39, 0.29) is 5.56 Å². The average Bonchev–Trinajstić information content (AvgIpc) is 2.55. The van der Waals surface area contributed by atoms with Crippen molar-refractivity contribution in [1.82, 2.24) is 0 Å². The highest BCUT2D eigenvalue weighted by Gasteiger charge is 2.09. The molecule has 0 saturated heterocycles. The summed E-state index contributed by atoms with van der Waals surface area (Å²) in [5, 5.41) is 8.95. The molecule has 0 amide bonds. The van der Waals surface area contributed by atoms with Crippen molar-refractivity contribution in [2.24, 2.45) is 0 Å². The first-order chi connectivity index (χ1) is 11.1. The lowest BCUT2D eigenvalue weighted by atomic mass is 9.97. The van der Waals surface area contributed by atoms with Gasteiger partial charge in [-0.05, 0) is 59.0 Å². The van der Waals surface area contributed by atoms with Gasteiger partial charge in [0.05, 0.1) is 5.56 Å². The molecular formula is C20H14FNS. The largest absolute Gasteiger partial charge is 0.206 e. The third-order valence-electron chi connectivity index (χ3n) is 3.82. The van der Waals surface area contributed by atoms with E-state index in [9.17, 15) is 4.39 Å². The van der Waals surface area contributed by atoms with Crippen LogP contribution in [0.15, 0.2) is 65.6 Å². The Hall–Kier alpha value is -2.57. The van der Waals surface area contributed by atoms with Crippen molar-refractivity contribution in [3.8, 4) is 28.3 Å². The molecular weight excluding hydrogens is 305 g/mol. The van der Waals surface area contributed by atoms with Crippen LogP contribution in [0.1, 0.15) is 11.1 Å². The number of rotatable bonds is 2. The third-order valence-corrected chi connectivity index (χ3v) is 4.12. The summed E-state index contributed by atoms with van der Waals surface area (Å²) >= 11 is 4.29. The Morgan fingerprint density at radius 2 is 1.30 bits per heavy atom. The summed E-state index contributed by atoms with van der Waals surface area (Å²) in [6.45, 7) is 1.75. The molecule has 0 bridgehead atoms. The Bertz CT molecular complexity index is 867. The summed E-state index contributed by atoms with van der Waals surface area (Å²) in [6, 6.07) is 21.0. The Balaban J connectivity index is 1.97. The smallest absolute Gasteiger partial charge is 0.141 e. The van der Waals surface area contributed by atoms with Crippen molar-refractivity contribution in [2.45, 2.75) is 11.8 Å². The van der Waals surface area contributed by atoms with Crippen LogP contribution in [-0.2, 0) is 0 Å². The SMILES string of the molecule is Cc1cc(-c2ccc(-c3ccc(S)cc3)cc2)cc(F)c1C#N. The number of hydrogen-bond donors (Lipinski definition) is 1. The van der Waals surface area contributed by atoms with Gasteiger partial charge in [-0.1, -0.05) is 36.4 Å². The Kier molecular flexibility index (Phi) is 4.18. The van der Waals surface area contributed by atoms with E-state index in [4.69, 9.17) is 5.26 Å². The summed E-state index contributed by atoms with van der Waals surface area (Å²) in [4.78, 5) is 0.925. The van der Waals surface area contributed by atoms with Gasteiger partial charge in [0.15, 0.2) is 0 Å². The monoisotopic (exact) mass is 319 g/mol. The molecule has 112 valence electrons. The summed E-state index contributed by atoms with van der Waals surface area (Å²) in [7, 11) is 0. The zero-order valence-electron chi connectivity index (χ0n) is 12.5. The maximum absolute atomic E-state index is 13.9. The normalized spacial score (nSPS) is 10.3. The molecule has 3 aromatic carbocycles. The maximum atomic E-state index is 13.9. The molecule has 0 aliphatic heterocycles. The lowest BCUT2D eigenvalue weighted by Gasteiger charge is -2.08. The van der Waals surface area contributed by atoms with E-state index in [1.165, 1.54) is 6.07 Å². The summed E-state index contributed by atoms with van der Waals surface area (Å²) < 4.78 is 13.9. The van der Waals surface area contributed by atoms with Crippen LogP contribution >= 0.6 is 12.6 Å². The highest BCUT2D eigenvalue weighted by molar-refractivity contribution is 7.80. The highest BCUT2D eigenvalue weighted by atomic mass is 32.1. The minimum absolute atomic E-state index is 0.109. The maximum Gasteiger partial charge on any atom is 0.141 e. The van der Waals surface area contributed by atoms with E-state index in [0.717, 1.165) is 27.1 Å². The van der Waals surface area contributed by atoms with Gasteiger partial charge in [-0.15, -0.1) is 12.6 Å². The fourth-order valence-corrected chi connectivity index (χ4v) is 2.71. The van der Waals surface area contributed by atoms with Gasteiger partial charge in [-0.25, -0.2) is 4.39 Å². The molecule has 0 saturated carbocycles. The topological polar surface area (TPSA) is 23.8 Å². The van der Waals surface area contributed by atoms with Crippen molar-refractivity contribution < 1.29 is 4.39 Å². The first kappa shape index (κ1) is 15.3. The molecule has 0 aliphatic rings. The van der Waals surface area contributed by atoms with Crippen LogP contribution in [0.25, 0.3) is 22.3 Å². The molecule has 0 aliphatic carbocycles. The average molecular weight is 319 g/mol. The highest BCUT2D eigenvalue weighted by Crippen LogP contribution is 2.28. The van der Waals surface area contributed by atoms with Crippen LogP contribution in [0.5, 0.6) is 0 Å². The van der Waals surface area contributed by atoms with E-state index in [1.807, 2.05) is 60.7 Å². The van der Waals surface area contributed by atoms with Gasteiger partial charge >= 0.3 is 0 Å². The molecule has 0 heterocycles. The molecule has 0 atom stereocenters. The lowest BCUT2D eigenvalue weighted by molar-refractivity contribution is 0.623. The Morgan fingerprint density at radius 1 is 0.826 bits per heavy atom. The van der Waals surface area contributed by atoms with Crippen molar-refractivity contribution in [3.05, 3.63) is 77.6 Å². The standard InChI is InChI=1S/C20H14FNS/c1-13-10-17(11-20(21)19(13)12-22)16-4-2-14(3-5-16)15-6-8-18(23)9-7-15/h2-11,23H,1H3. The van der Waals surface area contributed by atoms with Crippen molar-refractivity contribution in [2.75, 3.05) is 0 Å². The van der Waals surface area contributed by atoms with Gasteiger partial charge in [0.1, 0.15) is 11.9 Å². The summed E-state index contributed by atoms with van der Waals surface area (Å²) in [5.41, 5.74) is 4.65. The van der Waals surface area contributed by atoms with Crippen LogP contribution in [-0.4, -0.2) is 0 Å². The van der Waals surface area contributed by atoms with E-state index >= 15 is 0 Å². The van der Waals surface area contributed by atoms with E-state index in [0.29, 0.717) is 5.56 Å². The molecule has 0 radical (unpaired) electrons. The van der Waals surface area contributed by atoms with Crippen molar-refractivity contribution in [3.63, 3.8) is 0 Å². The van der Waals surface area contributed by atoms with Crippen LogP contribution in [0.4, 0.5) is 4.39 Å². The number of aryl methyl sites for hydroxylation is 1. The molecule has 3 rings (SSSR count). The fraction of sp³-hybridized carbons (Fsp3) is 0.0500. The summed E-state index contributed by atoms with van der Waals surface area (Å²) in [6.07, 6.45) is 0. The third kappa shape index (κ3) is 3.13. The van der Waals surface area contributed by atoms with Crippen LogP contribution in [0.3, 0.4) is 0 Å². The van der Waals surface area contributed by atoms with Gasteiger partial charge in [-0.3, -0.25) is 0 Å². The van der Waals surface area contributed by atoms with Crippen LogP contribution in [0.2, 0.25) is 0 Å². The molecule has 1 nitrogen and oxygen atoms in total. The predicted octanol–water partition coefficient (Wildman–Crippen LogP) is 5.63. The minimum atomic E-state index is -0.476. The molecule has 3 heteroatoms. The lowest BCUT2D eigenvalue weighted by Crippen LogP contribution is -1.91. The zero-order chi connectivity index (χ0) is 16.4. The second kappa shape index (κ2) is 6.28. The minimum Gasteiger partial charge on any atom is -0.206 e. The molecule has 0 N–H and O–H groups in total. The van der Waals surface area contributed by atoms with E-state index in [2.05, 4.69) is 12.6 Å². The van der Waals surface area contributed by atoms with Gasteiger partial charge in [0.2, 0.25) is 0 Å². The number of hydrogen-bond acceptors (Lipinski definition) is 2. The van der Waals surface area contributed by atoms with E-state index in [1.54, 1.807) is 6.92 Å². The molecule has 0 aromatic heterocycles. The number of halogens is 1. The van der Waals surface area contributed by atoms with E-state index < -0.39 is 5.82 Å². The zero-order valence-corrected chi connectivity index (χ0v) is 13.4.